The van der Waals surface area contributed by atoms with E-state index in [-0.39, 0.29) is 61.7 Å². The molecule has 1 aliphatic rings. The number of nitrogens with one attached hydrogen (secondary N) is 4. The highest BCUT2D eigenvalue weighted by atomic mass is 35.5. The second kappa shape index (κ2) is 21.1. The number of hydrogen-bond acceptors (Lipinski definition) is 9. The van der Waals surface area contributed by atoms with Crippen LogP contribution in [0.3, 0.4) is 0 Å². The van der Waals surface area contributed by atoms with E-state index in [4.69, 9.17) is 22.1 Å². The number of aryl methyl sites for hydroxylation is 1. The summed E-state index contributed by atoms with van der Waals surface area (Å²) >= 11 is 6.61. The first kappa shape index (κ1) is 46.4. The lowest BCUT2D eigenvalue weighted by molar-refractivity contribution is -0.133. The van der Waals surface area contributed by atoms with Crippen LogP contribution in [0.25, 0.3) is 10.9 Å². The van der Waals surface area contributed by atoms with E-state index >= 15 is 0 Å². The summed E-state index contributed by atoms with van der Waals surface area (Å²) in [7, 11) is -3.42. The molecule has 0 aliphatic carbocycles. The molecular formula is C39H51ClN7O11P. The van der Waals surface area contributed by atoms with Crippen LogP contribution < -0.4 is 26.4 Å². The fraction of sp³-hybridized carbons (Fsp3) is 0.462. The van der Waals surface area contributed by atoms with Gasteiger partial charge in [-0.25, -0.2) is 0 Å². The Labute approximate surface area is 346 Å². The van der Waals surface area contributed by atoms with Crippen LogP contribution in [0.15, 0.2) is 42.5 Å². The normalized spacial score (nSPS) is 16.2. The van der Waals surface area contributed by atoms with Gasteiger partial charge in [0.25, 0.3) is 11.4 Å². The van der Waals surface area contributed by atoms with Crippen LogP contribution in [0.5, 0.6) is 5.75 Å². The van der Waals surface area contributed by atoms with Crippen molar-refractivity contribution in [1.82, 2.24) is 30.7 Å². The zero-order chi connectivity index (χ0) is 43.4. The number of primary amides is 1. The topological polar surface area (TPSA) is 271 Å². The zero-order valence-corrected chi connectivity index (χ0v) is 34.7. The van der Waals surface area contributed by atoms with Gasteiger partial charge in [0.05, 0.1) is 11.1 Å². The van der Waals surface area contributed by atoms with Crippen molar-refractivity contribution in [1.29, 1.82) is 0 Å². The largest absolute Gasteiger partial charge is 0.490 e. The number of aromatic amines is 1. The number of carbonyl (C=O) groups excluding carboxylic acids is 7. The van der Waals surface area contributed by atoms with Gasteiger partial charge in [0.15, 0.2) is 0 Å². The number of likely N-dealkylation sites (tertiary alicyclic amines) is 1. The van der Waals surface area contributed by atoms with Crippen molar-refractivity contribution in [3.05, 3.63) is 64.3 Å². The zero-order valence-electron chi connectivity index (χ0n) is 33.1. The summed E-state index contributed by atoms with van der Waals surface area (Å²) < 4.78 is 17.4. The van der Waals surface area contributed by atoms with Crippen molar-refractivity contribution in [3.8, 4) is 5.75 Å². The van der Waals surface area contributed by atoms with Crippen LogP contribution in [0.4, 0.5) is 0 Å². The van der Waals surface area contributed by atoms with Crippen molar-refractivity contribution >= 4 is 71.6 Å². The molecule has 0 spiro atoms. The van der Waals surface area contributed by atoms with Gasteiger partial charge >= 0.3 is 7.60 Å². The molecule has 18 nitrogen and oxygen atoms in total. The molecule has 4 unspecified atom stereocenters. The van der Waals surface area contributed by atoms with E-state index in [1.165, 1.54) is 41.0 Å². The Morgan fingerprint density at radius 3 is 2.51 bits per heavy atom. The van der Waals surface area contributed by atoms with Crippen LogP contribution in [-0.2, 0) is 35.0 Å². The van der Waals surface area contributed by atoms with Crippen molar-refractivity contribution in [3.63, 3.8) is 0 Å². The second-order valence-electron chi connectivity index (χ2n) is 14.5. The molecule has 4 rings (SSSR count). The van der Waals surface area contributed by atoms with Gasteiger partial charge in [0, 0.05) is 68.5 Å². The number of hydrogen-bond donors (Lipinski definition) is 7. The molecule has 59 heavy (non-hydrogen) atoms. The Morgan fingerprint density at radius 2 is 1.85 bits per heavy atom. The maximum atomic E-state index is 13.6. The number of amides is 6. The smallest absolute Gasteiger partial charge is 0.396 e. The summed E-state index contributed by atoms with van der Waals surface area (Å²) in [4.78, 5) is 111. The minimum Gasteiger partial charge on any atom is -0.490 e. The molecule has 0 saturated carbocycles. The van der Waals surface area contributed by atoms with Crippen LogP contribution in [0.2, 0.25) is 5.02 Å². The predicted molar refractivity (Wildman–Crippen MR) is 217 cm³/mol. The van der Waals surface area contributed by atoms with Gasteiger partial charge in [-0.2, -0.15) is 0 Å². The van der Waals surface area contributed by atoms with E-state index in [9.17, 15) is 47.9 Å². The van der Waals surface area contributed by atoms with E-state index in [2.05, 4.69) is 20.9 Å². The lowest BCUT2D eigenvalue weighted by Crippen LogP contribution is -2.50. The molecule has 6 amide bonds. The van der Waals surface area contributed by atoms with E-state index in [1.807, 2.05) is 6.07 Å². The maximum Gasteiger partial charge on any atom is 0.396 e. The summed E-state index contributed by atoms with van der Waals surface area (Å²) in [6.07, 6.45) is 3.41. The Balaban J connectivity index is 1.32. The van der Waals surface area contributed by atoms with Crippen LogP contribution in [0, 0.1) is 0 Å². The summed E-state index contributed by atoms with van der Waals surface area (Å²) in [6, 6.07) is 8.33. The number of ether oxygens (including phenoxy) is 1. The highest BCUT2D eigenvalue weighted by molar-refractivity contribution is 7.70. The number of H-pyrrole nitrogens is 1. The van der Waals surface area contributed by atoms with E-state index in [0.29, 0.717) is 66.6 Å². The highest BCUT2D eigenvalue weighted by Crippen LogP contribution is 2.39. The third-order valence-corrected chi connectivity index (χ3v) is 11.3. The quantitative estimate of drug-likeness (QED) is 0.0570. The van der Waals surface area contributed by atoms with Crippen molar-refractivity contribution in [2.45, 2.75) is 89.4 Å². The molecule has 8 N–H and O–H groups in total. The summed E-state index contributed by atoms with van der Waals surface area (Å²) in [5.74, 6) is -1.49. The van der Waals surface area contributed by atoms with Crippen molar-refractivity contribution in [2.24, 2.45) is 5.73 Å². The Hall–Kier alpha value is -5.29. The second-order valence-corrected chi connectivity index (χ2v) is 16.4. The fourth-order valence-corrected chi connectivity index (χ4v) is 7.72. The molecule has 1 saturated heterocycles. The molecule has 2 aromatic carbocycles. The average Bonchev–Trinajstić information content (AvgIpc) is 3.81. The Morgan fingerprint density at radius 1 is 1.10 bits per heavy atom. The minimum absolute atomic E-state index is 0.0292. The molecule has 1 aromatic heterocycles. The molecule has 0 radical (unpaired) electrons. The maximum absolute atomic E-state index is 13.6. The molecule has 1 fully saturated rings. The molecule has 320 valence electrons. The van der Waals surface area contributed by atoms with E-state index in [1.54, 1.807) is 26.1 Å². The SMILES string of the molecule is CNC(=O)CCCc1cccc(OCC(CCC(N)=O)NC(=O)C2CCC(CCN(CC(C)NC(=O)c3cc4cc(C(=O)P(=O)(O)O)ccc4[nH]3)C(C)=O)N2C=O)c1Cl. The van der Waals surface area contributed by atoms with E-state index < -0.39 is 49.0 Å². The van der Waals surface area contributed by atoms with Gasteiger partial charge in [-0.05, 0) is 81.3 Å². The average molecular weight is 860 g/mol. The first-order valence-corrected chi connectivity index (χ1v) is 21.1. The van der Waals surface area contributed by atoms with Crippen LogP contribution in [-0.4, -0.2) is 117 Å². The number of fused-ring (bicyclic) bond motifs is 1. The third kappa shape index (κ3) is 13.1. The number of aromatic nitrogens is 1. The monoisotopic (exact) mass is 859 g/mol. The lowest BCUT2D eigenvalue weighted by Gasteiger charge is -2.30. The number of carbonyl (C=O) groups is 7. The van der Waals surface area contributed by atoms with Gasteiger partial charge in [-0.3, -0.25) is 38.1 Å². The minimum atomic E-state index is -4.99. The summed E-state index contributed by atoms with van der Waals surface area (Å²) in [6.45, 7) is 3.41. The Bertz CT molecular complexity index is 2090. The number of nitrogens with zero attached hydrogens (tertiary/aromatic N) is 2. The molecule has 20 heteroatoms. The van der Waals surface area contributed by atoms with E-state index in [0.717, 1.165) is 5.56 Å². The summed E-state index contributed by atoms with van der Waals surface area (Å²) in [5, 5.41) is 9.07. The third-order valence-electron chi connectivity index (χ3n) is 10.1. The molecule has 1 aliphatic heterocycles. The summed E-state index contributed by atoms with van der Waals surface area (Å²) in [5.41, 5.74) is 5.26. The first-order valence-electron chi connectivity index (χ1n) is 19.1. The number of benzene rings is 2. The standard InChI is InChI=1S/C39H51ClN7O11P/c1-23(43-37(52)31-19-27-18-26(10-13-30(27)45-31)39(54)59(55,56)57)20-46(24(2)49)17-16-29-12-14-32(47(29)22-48)38(53)44-28(11-15-34(41)50)21-58-33-8-4-6-25(36(33)40)7-5-9-35(51)42-3/h4,6,8,10,13,18-19,22-23,28-29,32,45H,5,7,9,11-12,14-17,20-21H2,1-3H3,(H2,41,50)(H,42,51)(H,43,52)(H,44,53)(H2,55,56,57). The predicted octanol–water partition coefficient (Wildman–Crippen LogP) is 2.38. The Kier molecular flexibility index (Phi) is 16.6. The van der Waals surface area contributed by atoms with Crippen molar-refractivity contribution in [2.75, 3.05) is 26.7 Å². The molecular weight excluding hydrogens is 809 g/mol. The fourth-order valence-electron chi connectivity index (χ4n) is 6.96. The number of nitrogens with two attached hydrogens (primary N) is 1. The van der Waals surface area contributed by atoms with Gasteiger partial charge < -0.3 is 51.0 Å². The first-order chi connectivity index (χ1) is 27.9. The van der Waals surface area contributed by atoms with Crippen LogP contribution >= 0.6 is 19.2 Å². The lowest BCUT2D eigenvalue weighted by atomic mass is 10.1. The van der Waals surface area contributed by atoms with Crippen LogP contribution in [0.1, 0.15) is 85.2 Å². The van der Waals surface area contributed by atoms with Crippen molar-refractivity contribution < 1.29 is 52.7 Å². The molecule has 2 heterocycles. The number of rotatable bonds is 22. The highest BCUT2D eigenvalue weighted by Gasteiger charge is 2.38. The molecule has 0 bridgehead atoms. The molecule has 3 aromatic rings. The van der Waals surface area contributed by atoms with Gasteiger partial charge in [0.2, 0.25) is 30.0 Å². The number of halogens is 1. The molecule has 4 atom stereocenters. The van der Waals surface area contributed by atoms with Gasteiger partial charge in [-0.15, -0.1) is 0 Å². The van der Waals surface area contributed by atoms with Gasteiger partial charge in [-0.1, -0.05) is 23.7 Å². The van der Waals surface area contributed by atoms with Gasteiger partial charge in [0.1, 0.15) is 24.1 Å².